The minimum Gasteiger partial charge on any atom is -0.457 e. The van der Waals surface area contributed by atoms with Gasteiger partial charge >= 0.3 is 11.7 Å². The van der Waals surface area contributed by atoms with E-state index >= 15 is 0 Å². The van der Waals surface area contributed by atoms with Crippen LogP contribution in [0, 0.1) is 5.92 Å². The van der Waals surface area contributed by atoms with Crippen molar-refractivity contribution in [1.82, 2.24) is 29.1 Å². The highest BCUT2D eigenvalue weighted by atomic mass is 16.5. The molecule has 0 bridgehead atoms. The summed E-state index contributed by atoms with van der Waals surface area (Å²) in [5, 5.41) is 0. The van der Waals surface area contributed by atoms with Crippen LogP contribution in [-0.2, 0) is 29.7 Å². The van der Waals surface area contributed by atoms with Crippen LogP contribution in [-0.4, -0.2) is 48.1 Å². The lowest BCUT2D eigenvalue weighted by Crippen LogP contribution is -2.37. The molecule has 0 spiro atoms. The maximum Gasteiger partial charge on any atom is 0.330 e. The van der Waals surface area contributed by atoms with Gasteiger partial charge in [-0.2, -0.15) is 0 Å². The quantitative estimate of drug-likeness (QED) is 0.537. The van der Waals surface area contributed by atoms with Crippen LogP contribution in [0.5, 0.6) is 0 Å². The fourth-order valence-corrected chi connectivity index (χ4v) is 3.97. The number of nitrogens with one attached hydrogen (secondary N) is 1. The van der Waals surface area contributed by atoms with Crippen LogP contribution in [0.2, 0.25) is 0 Å². The number of hydrogen-bond acceptors (Lipinski definition) is 8. The van der Waals surface area contributed by atoms with Crippen molar-refractivity contribution in [2.24, 2.45) is 13.0 Å². The summed E-state index contributed by atoms with van der Waals surface area (Å²) < 4.78 is 8.59. The number of H-pyrrole nitrogens is 1. The summed E-state index contributed by atoms with van der Waals surface area (Å²) in [4.78, 5) is 54.6. The lowest BCUT2D eigenvalue weighted by Gasteiger charge is -2.30. The number of rotatable bonds is 7. The third-order valence-corrected chi connectivity index (χ3v) is 5.85. The molecule has 11 heteroatoms. The Hall–Kier alpha value is -3.50. The van der Waals surface area contributed by atoms with Crippen molar-refractivity contribution in [2.75, 3.05) is 18.0 Å². The molecule has 0 atom stereocenters. The fourth-order valence-electron chi connectivity index (χ4n) is 3.97. The smallest absolute Gasteiger partial charge is 0.330 e. The van der Waals surface area contributed by atoms with Crippen molar-refractivity contribution in [3.05, 3.63) is 45.1 Å². The summed E-state index contributed by atoms with van der Waals surface area (Å²) in [6.07, 6.45) is 6.39. The third-order valence-electron chi connectivity index (χ3n) is 5.85. The first-order valence-electron chi connectivity index (χ1n) is 10.9. The predicted molar refractivity (Wildman–Crippen MR) is 117 cm³/mol. The van der Waals surface area contributed by atoms with Crippen molar-refractivity contribution in [2.45, 2.75) is 45.8 Å². The van der Waals surface area contributed by atoms with Crippen LogP contribution >= 0.6 is 0 Å². The normalized spacial score (nSPS) is 14.8. The van der Waals surface area contributed by atoms with Crippen LogP contribution in [0.1, 0.15) is 38.4 Å². The maximum absolute atomic E-state index is 12.6. The van der Waals surface area contributed by atoms with Gasteiger partial charge in [0.1, 0.15) is 12.4 Å². The van der Waals surface area contributed by atoms with Crippen LogP contribution in [0.4, 0.5) is 5.95 Å². The standard InChI is InChI=1S/C21H27N7O4/c1-3-4-10-28-17-16(18(29)25-21(28)31)26(2)15(24-17)13-32-19(30)14-6-11-27(12-7-14)20-22-8-5-9-23-20/h5,8-9,14H,3-4,6-7,10-13H2,1-2H3,(H,25,29,31). The summed E-state index contributed by atoms with van der Waals surface area (Å²) in [6.45, 7) is 3.77. The molecule has 1 N–H and O–H groups in total. The predicted octanol–water partition coefficient (Wildman–Crippen LogP) is 0.973. The Balaban J connectivity index is 1.43. The molecule has 4 rings (SSSR count). The first-order valence-corrected chi connectivity index (χ1v) is 10.9. The molecular formula is C21H27N7O4. The number of unbranched alkanes of at least 4 members (excludes halogenated alkanes) is 1. The monoisotopic (exact) mass is 441 g/mol. The Morgan fingerprint density at radius 2 is 1.94 bits per heavy atom. The Kier molecular flexibility index (Phi) is 6.33. The van der Waals surface area contributed by atoms with Gasteiger partial charge in [0.25, 0.3) is 5.56 Å². The Morgan fingerprint density at radius 3 is 2.62 bits per heavy atom. The van der Waals surface area contributed by atoms with E-state index in [0.717, 1.165) is 12.8 Å². The molecule has 1 aliphatic heterocycles. The molecule has 0 unspecified atom stereocenters. The number of esters is 1. The topological polar surface area (TPSA) is 128 Å². The lowest BCUT2D eigenvalue weighted by molar-refractivity contribution is -0.150. The number of hydrogen-bond donors (Lipinski definition) is 1. The molecule has 1 aliphatic rings. The van der Waals surface area contributed by atoms with E-state index in [1.54, 1.807) is 30.1 Å². The number of anilines is 1. The summed E-state index contributed by atoms with van der Waals surface area (Å²) >= 11 is 0. The molecule has 1 saturated heterocycles. The molecule has 0 amide bonds. The Morgan fingerprint density at radius 1 is 1.22 bits per heavy atom. The molecule has 1 fully saturated rings. The molecule has 0 saturated carbocycles. The van der Waals surface area contributed by atoms with E-state index in [0.29, 0.717) is 55.4 Å². The highest BCUT2D eigenvalue weighted by molar-refractivity contribution is 5.73. The number of aryl methyl sites for hydroxylation is 2. The molecule has 0 radical (unpaired) electrons. The third kappa shape index (κ3) is 4.27. The SMILES string of the molecule is CCCCn1c(=O)[nH]c(=O)c2c1nc(COC(=O)C1CCN(c3ncccn3)CC1)n2C. The molecule has 0 aliphatic carbocycles. The van der Waals surface area contributed by atoms with Gasteiger partial charge in [0.05, 0.1) is 5.92 Å². The Labute approximate surface area is 184 Å². The van der Waals surface area contributed by atoms with Gasteiger partial charge in [0.15, 0.2) is 11.2 Å². The zero-order valence-electron chi connectivity index (χ0n) is 18.3. The zero-order chi connectivity index (χ0) is 22.7. The fraction of sp³-hybridized carbons (Fsp3) is 0.524. The van der Waals surface area contributed by atoms with E-state index in [1.165, 1.54) is 4.57 Å². The van der Waals surface area contributed by atoms with Crippen molar-refractivity contribution in [3.8, 4) is 0 Å². The largest absolute Gasteiger partial charge is 0.457 e. The summed E-state index contributed by atoms with van der Waals surface area (Å²) in [7, 11) is 1.68. The van der Waals surface area contributed by atoms with E-state index in [-0.39, 0.29) is 18.5 Å². The summed E-state index contributed by atoms with van der Waals surface area (Å²) in [5.41, 5.74) is -0.368. The molecule has 32 heavy (non-hydrogen) atoms. The van der Waals surface area contributed by atoms with Gasteiger partial charge in [0.2, 0.25) is 5.95 Å². The number of aromatic nitrogens is 6. The summed E-state index contributed by atoms with van der Waals surface area (Å²) in [5.74, 6) is 0.585. The number of carbonyl (C=O) groups is 1. The van der Waals surface area contributed by atoms with Gasteiger partial charge in [-0.15, -0.1) is 0 Å². The average molecular weight is 441 g/mol. The van der Waals surface area contributed by atoms with Crippen LogP contribution < -0.4 is 16.1 Å². The van der Waals surface area contributed by atoms with Crippen molar-refractivity contribution in [1.29, 1.82) is 0 Å². The molecule has 4 heterocycles. The number of ether oxygens (including phenoxy) is 1. The van der Waals surface area contributed by atoms with Gasteiger partial charge in [0, 0.05) is 39.1 Å². The molecule has 3 aromatic heterocycles. The maximum atomic E-state index is 12.6. The minimum absolute atomic E-state index is 0.0621. The van der Waals surface area contributed by atoms with Crippen LogP contribution in [0.15, 0.2) is 28.0 Å². The number of imidazole rings is 1. The van der Waals surface area contributed by atoms with Crippen molar-refractivity contribution in [3.63, 3.8) is 0 Å². The van der Waals surface area contributed by atoms with E-state index in [4.69, 9.17) is 4.74 Å². The van der Waals surface area contributed by atoms with Crippen molar-refractivity contribution >= 4 is 23.1 Å². The van der Waals surface area contributed by atoms with E-state index < -0.39 is 11.2 Å². The molecule has 3 aromatic rings. The second-order valence-electron chi connectivity index (χ2n) is 7.94. The Bertz CT molecular complexity index is 1210. The molecular weight excluding hydrogens is 414 g/mol. The number of piperidine rings is 1. The van der Waals surface area contributed by atoms with E-state index in [9.17, 15) is 14.4 Å². The number of aromatic amines is 1. The number of fused-ring (bicyclic) bond motifs is 1. The van der Waals surface area contributed by atoms with Gasteiger partial charge in [-0.25, -0.2) is 19.7 Å². The zero-order valence-corrected chi connectivity index (χ0v) is 18.3. The first kappa shape index (κ1) is 21.7. The highest BCUT2D eigenvalue weighted by Gasteiger charge is 2.28. The van der Waals surface area contributed by atoms with Crippen molar-refractivity contribution < 1.29 is 9.53 Å². The summed E-state index contributed by atoms with van der Waals surface area (Å²) in [6, 6.07) is 1.77. The molecule has 170 valence electrons. The van der Waals surface area contributed by atoms with Crippen LogP contribution in [0.3, 0.4) is 0 Å². The van der Waals surface area contributed by atoms with E-state index in [1.807, 2.05) is 6.92 Å². The highest BCUT2D eigenvalue weighted by Crippen LogP contribution is 2.22. The van der Waals surface area contributed by atoms with Gasteiger partial charge in [-0.1, -0.05) is 13.3 Å². The minimum atomic E-state index is -0.499. The first-order chi connectivity index (χ1) is 15.5. The second kappa shape index (κ2) is 9.33. The van der Waals surface area contributed by atoms with E-state index in [2.05, 4.69) is 24.8 Å². The van der Waals surface area contributed by atoms with Gasteiger partial charge < -0.3 is 14.2 Å². The number of nitrogens with zero attached hydrogens (tertiary/aromatic N) is 6. The number of carbonyl (C=O) groups excluding carboxylic acids is 1. The average Bonchev–Trinajstić information content (AvgIpc) is 3.14. The second-order valence-corrected chi connectivity index (χ2v) is 7.94. The van der Waals surface area contributed by atoms with Gasteiger partial charge in [-0.05, 0) is 25.3 Å². The molecule has 0 aromatic carbocycles. The lowest BCUT2D eigenvalue weighted by atomic mass is 9.97. The van der Waals surface area contributed by atoms with Crippen LogP contribution in [0.25, 0.3) is 11.2 Å². The van der Waals surface area contributed by atoms with Gasteiger partial charge in [-0.3, -0.25) is 19.1 Å². The molecule has 11 nitrogen and oxygen atoms in total.